The van der Waals surface area contributed by atoms with E-state index in [1.807, 2.05) is 38.1 Å². The third kappa shape index (κ3) is 4.67. The van der Waals surface area contributed by atoms with Crippen LogP contribution in [0.25, 0.3) is 11.0 Å². The van der Waals surface area contributed by atoms with E-state index in [2.05, 4.69) is 15.8 Å². The Bertz CT molecular complexity index is 697. The summed E-state index contributed by atoms with van der Waals surface area (Å²) in [6, 6.07) is 7.73. The maximum absolute atomic E-state index is 5.86. The quantitative estimate of drug-likeness (QED) is 0.351. The smallest absolute Gasteiger partial charge is 0.187 e. The van der Waals surface area contributed by atoms with Crippen molar-refractivity contribution in [2.75, 3.05) is 26.9 Å². The Morgan fingerprint density at radius 3 is 2.96 bits per heavy atom. The van der Waals surface area contributed by atoms with Crippen molar-refractivity contribution < 1.29 is 13.9 Å². The summed E-state index contributed by atoms with van der Waals surface area (Å²) in [6.07, 6.45) is 0. The second kappa shape index (κ2) is 8.50. The van der Waals surface area contributed by atoms with E-state index in [4.69, 9.17) is 26.1 Å². The molecule has 0 aliphatic rings. The van der Waals surface area contributed by atoms with Gasteiger partial charge in [-0.05, 0) is 38.2 Å². The number of hydrogen-bond acceptors (Lipinski definition) is 5. The van der Waals surface area contributed by atoms with Gasteiger partial charge in [-0.15, -0.1) is 0 Å². The Kier molecular flexibility index (Phi) is 6.37. The van der Waals surface area contributed by atoms with Crippen molar-refractivity contribution in [3.05, 3.63) is 30.0 Å². The van der Waals surface area contributed by atoms with Gasteiger partial charge in [0.15, 0.2) is 22.2 Å². The van der Waals surface area contributed by atoms with Crippen molar-refractivity contribution in [2.24, 2.45) is 5.10 Å². The summed E-state index contributed by atoms with van der Waals surface area (Å²) in [5, 5.41) is 8.62. The highest BCUT2D eigenvalue weighted by Gasteiger charge is 2.11. The number of hydrazone groups is 1. The fraction of sp³-hybridized carbons (Fsp3) is 0.375. The lowest BCUT2D eigenvalue weighted by atomic mass is 10.2. The summed E-state index contributed by atoms with van der Waals surface area (Å²) in [7, 11) is 1.64. The first-order chi connectivity index (χ1) is 11.2. The average molecular weight is 335 g/mol. The molecule has 0 saturated carbocycles. The number of rotatable bonds is 7. The van der Waals surface area contributed by atoms with E-state index in [-0.39, 0.29) is 0 Å². The Balaban J connectivity index is 2.08. The Labute approximate surface area is 140 Å². The molecule has 0 unspecified atom stereocenters. The van der Waals surface area contributed by atoms with Crippen LogP contribution in [0, 0.1) is 0 Å². The van der Waals surface area contributed by atoms with Crippen molar-refractivity contribution in [1.82, 2.24) is 10.7 Å². The Hall–Kier alpha value is -2.12. The number of nitrogens with one attached hydrogen (secondary N) is 2. The maximum Gasteiger partial charge on any atom is 0.187 e. The van der Waals surface area contributed by atoms with E-state index in [9.17, 15) is 0 Å². The molecule has 1 aromatic carbocycles. The van der Waals surface area contributed by atoms with Gasteiger partial charge in [-0.2, -0.15) is 5.10 Å². The van der Waals surface area contributed by atoms with Gasteiger partial charge in [0.1, 0.15) is 5.71 Å². The number of fused-ring (bicyclic) bond motifs is 1. The fourth-order valence-corrected chi connectivity index (χ4v) is 2.13. The van der Waals surface area contributed by atoms with Crippen LogP contribution < -0.4 is 15.5 Å². The van der Waals surface area contributed by atoms with E-state index >= 15 is 0 Å². The number of nitrogens with zero attached hydrogens (tertiary/aromatic N) is 1. The number of benzene rings is 1. The molecule has 124 valence electrons. The molecular formula is C16H21N3O3S. The standard InChI is InChI=1S/C16H21N3O3S/c1-4-21-13-7-5-6-12-10-14(22-15(12)13)11(2)18-19-16(23)17-8-9-20-3/h5-7,10H,4,8-9H2,1-3H3,(H2,17,19,23)/b18-11-. The summed E-state index contributed by atoms with van der Waals surface area (Å²) in [4.78, 5) is 0. The predicted octanol–water partition coefficient (Wildman–Crippen LogP) is 2.67. The van der Waals surface area contributed by atoms with Gasteiger partial charge in [0.05, 0.1) is 13.2 Å². The summed E-state index contributed by atoms with van der Waals surface area (Å²) < 4.78 is 16.4. The summed E-state index contributed by atoms with van der Waals surface area (Å²) in [6.45, 7) is 5.58. The Morgan fingerprint density at radius 1 is 1.39 bits per heavy atom. The van der Waals surface area contributed by atoms with Crippen molar-refractivity contribution in [3.8, 4) is 5.75 Å². The number of hydrogen-bond donors (Lipinski definition) is 2. The highest BCUT2D eigenvalue weighted by molar-refractivity contribution is 7.80. The number of methoxy groups -OCH3 is 1. The monoisotopic (exact) mass is 335 g/mol. The SMILES string of the molecule is CCOc1cccc2cc(/C(C)=N\NC(=S)NCCOC)oc12. The molecule has 0 bridgehead atoms. The second-order valence-corrected chi connectivity index (χ2v) is 5.18. The molecule has 0 amide bonds. The zero-order valence-corrected chi connectivity index (χ0v) is 14.3. The number of para-hydroxylation sites is 1. The third-order valence-electron chi connectivity index (χ3n) is 3.08. The normalized spacial score (nSPS) is 11.5. The lowest BCUT2D eigenvalue weighted by molar-refractivity contribution is 0.204. The Morgan fingerprint density at radius 2 is 2.22 bits per heavy atom. The molecule has 0 radical (unpaired) electrons. The largest absolute Gasteiger partial charge is 0.490 e. The molecule has 6 nitrogen and oxygen atoms in total. The first kappa shape index (κ1) is 17.2. The topological polar surface area (TPSA) is 68.0 Å². The summed E-state index contributed by atoms with van der Waals surface area (Å²) in [5.41, 5.74) is 4.20. The van der Waals surface area contributed by atoms with Gasteiger partial charge < -0.3 is 19.2 Å². The molecule has 2 rings (SSSR count). The van der Waals surface area contributed by atoms with Crippen molar-refractivity contribution in [1.29, 1.82) is 0 Å². The van der Waals surface area contributed by atoms with E-state index in [0.717, 1.165) is 16.7 Å². The van der Waals surface area contributed by atoms with Crippen LogP contribution in [0.4, 0.5) is 0 Å². The minimum Gasteiger partial charge on any atom is -0.490 e. The van der Waals surface area contributed by atoms with E-state index in [1.54, 1.807) is 7.11 Å². The molecule has 2 aromatic rings. The molecule has 0 atom stereocenters. The van der Waals surface area contributed by atoms with Crippen LogP contribution in [0.3, 0.4) is 0 Å². The maximum atomic E-state index is 5.86. The van der Waals surface area contributed by atoms with Gasteiger partial charge in [-0.1, -0.05) is 12.1 Å². The van der Waals surface area contributed by atoms with Crippen LogP contribution >= 0.6 is 12.2 Å². The van der Waals surface area contributed by atoms with Crippen molar-refractivity contribution in [2.45, 2.75) is 13.8 Å². The van der Waals surface area contributed by atoms with Gasteiger partial charge in [0, 0.05) is 19.0 Å². The molecule has 0 fully saturated rings. The van der Waals surface area contributed by atoms with Gasteiger partial charge in [-0.3, -0.25) is 5.43 Å². The van der Waals surface area contributed by atoms with Crippen molar-refractivity contribution in [3.63, 3.8) is 0 Å². The van der Waals surface area contributed by atoms with Crippen LogP contribution in [0.2, 0.25) is 0 Å². The van der Waals surface area contributed by atoms with Crippen LogP contribution in [-0.4, -0.2) is 37.7 Å². The molecule has 23 heavy (non-hydrogen) atoms. The molecule has 0 aliphatic heterocycles. The first-order valence-corrected chi connectivity index (χ1v) is 7.79. The molecule has 1 aromatic heterocycles. The van der Waals surface area contributed by atoms with Gasteiger partial charge >= 0.3 is 0 Å². The number of ether oxygens (including phenoxy) is 2. The number of furan rings is 1. The van der Waals surface area contributed by atoms with E-state index in [1.165, 1.54) is 0 Å². The molecule has 1 heterocycles. The third-order valence-corrected chi connectivity index (χ3v) is 3.32. The summed E-state index contributed by atoms with van der Waals surface area (Å²) in [5.74, 6) is 1.40. The lowest BCUT2D eigenvalue weighted by Gasteiger charge is -2.06. The zero-order valence-electron chi connectivity index (χ0n) is 13.5. The number of thiocarbonyl (C=S) groups is 1. The van der Waals surface area contributed by atoms with Crippen LogP contribution in [0.15, 0.2) is 33.8 Å². The average Bonchev–Trinajstić information content (AvgIpc) is 2.98. The lowest BCUT2D eigenvalue weighted by Crippen LogP contribution is -2.34. The molecule has 0 saturated heterocycles. The van der Waals surface area contributed by atoms with Crippen LogP contribution in [-0.2, 0) is 4.74 Å². The van der Waals surface area contributed by atoms with Gasteiger partial charge in [0.25, 0.3) is 0 Å². The van der Waals surface area contributed by atoms with Gasteiger partial charge in [0.2, 0.25) is 0 Å². The van der Waals surface area contributed by atoms with Crippen molar-refractivity contribution >= 4 is 34.0 Å². The summed E-state index contributed by atoms with van der Waals surface area (Å²) >= 11 is 5.12. The molecule has 7 heteroatoms. The minimum atomic E-state index is 0.438. The highest BCUT2D eigenvalue weighted by atomic mass is 32.1. The first-order valence-electron chi connectivity index (χ1n) is 7.38. The minimum absolute atomic E-state index is 0.438. The molecule has 0 aliphatic carbocycles. The molecular weight excluding hydrogens is 314 g/mol. The van der Waals surface area contributed by atoms with Gasteiger partial charge in [-0.25, -0.2) is 0 Å². The molecule has 2 N–H and O–H groups in total. The molecule has 0 spiro atoms. The van der Waals surface area contributed by atoms with Crippen LogP contribution in [0.5, 0.6) is 5.75 Å². The highest BCUT2D eigenvalue weighted by Crippen LogP contribution is 2.28. The fourth-order valence-electron chi connectivity index (χ4n) is 1.98. The van der Waals surface area contributed by atoms with E-state index < -0.39 is 0 Å². The second-order valence-electron chi connectivity index (χ2n) is 4.78. The van der Waals surface area contributed by atoms with E-state index in [0.29, 0.717) is 36.3 Å². The zero-order chi connectivity index (χ0) is 16.7. The van der Waals surface area contributed by atoms with Crippen LogP contribution in [0.1, 0.15) is 19.6 Å². The predicted molar refractivity (Wildman–Crippen MR) is 95.2 cm³/mol.